The number of benzene rings is 3. The zero-order valence-corrected chi connectivity index (χ0v) is 46.1. The quantitative estimate of drug-likeness (QED) is 0.0174. The average molecular weight is 1090 g/mol. The first kappa shape index (κ1) is 59.0. The van der Waals surface area contributed by atoms with E-state index in [0.29, 0.717) is 50.9 Å². The van der Waals surface area contributed by atoms with Crippen LogP contribution in [0.3, 0.4) is 0 Å². The SMILES string of the molecule is Cc1ccc(OP(=O)(O)O)c(C(F)C(=O)NCCCCCC(=O)NCCNCC(=O)CCCCCN2/C(=C/C=C3\CCC(/C=C/C4=[N+](CCCS(=O)(=O)O)c5ccccc5C4(C)C)=C3Cl)C(C)(C)c3ccccc32)c1. The van der Waals surface area contributed by atoms with E-state index in [0.717, 1.165) is 71.8 Å². The van der Waals surface area contributed by atoms with Crippen LogP contribution in [-0.2, 0) is 39.9 Å². The summed E-state index contributed by atoms with van der Waals surface area (Å²) in [5, 5.41) is 9.18. The lowest BCUT2D eigenvalue weighted by atomic mass is 9.81. The summed E-state index contributed by atoms with van der Waals surface area (Å²) in [7, 11) is -9.04. The van der Waals surface area contributed by atoms with E-state index >= 15 is 0 Å². The molecule has 406 valence electrons. The summed E-state index contributed by atoms with van der Waals surface area (Å²) in [5.41, 5.74) is 8.69. The number of Topliss-reactive ketones (excluding diaryl/α,β-unsaturated/α-hetero) is 1. The number of nitrogens with one attached hydrogen (secondary N) is 3. The molecule has 1 aliphatic carbocycles. The van der Waals surface area contributed by atoms with Gasteiger partial charge in [-0.25, -0.2) is 8.96 Å². The van der Waals surface area contributed by atoms with Crippen molar-refractivity contribution in [3.8, 4) is 5.75 Å². The molecule has 2 amide bonds. The second kappa shape index (κ2) is 26.2. The number of anilines is 1. The van der Waals surface area contributed by atoms with Crippen LogP contribution < -0.4 is 25.4 Å². The highest BCUT2D eigenvalue weighted by Crippen LogP contribution is 2.48. The van der Waals surface area contributed by atoms with Gasteiger partial charge in [-0.2, -0.15) is 13.0 Å². The summed E-state index contributed by atoms with van der Waals surface area (Å²) in [5.74, 6) is -1.70. The number of nitrogens with zero attached hydrogens (tertiary/aromatic N) is 2. The van der Waals surface area contributed by atoms with Crippen LogP contribution in [0.2, 0.25) is 0 Å². The standard InChI is InChI=1S/C56H72ClFN5O10PS/c1-39-23-28-48(73-74(67,68)69)43(37-39)53(58)54(66)61-31-14-6-9-22-51(65)60-33-32-59-38-42(64)17-8-7-15-34-62-46-20-12-10-18-44(46)55(2,3)49(62)29-26-40-24-25-41(52(40)57)27-30-50-56(4,5)45-19-11-13-21-47(45)63(50)35-16-36-75(70,71)72/h10-13,18-21,23,26-30,37,53,59H,6-9,14-17,22,24-25,31-36,38H2,1-5H3,(H4-,60,61,65,66,67,68,69,70,71,72)/p+1. The molecule has 3 aromatic carbocycles. The fourth-order valence-corrected chi connectivity index (χ4v) is 11.3. The zero-order valence-electron chi connectivity index (χ0n) is 43.7. The van der Waals surface area contributed by atoms with Crippen LogP contribution in [0.25, 0.3) is 0 Å². The molecule has 75 heavy (non-hydrogen) atoms. The van der Waals surface area contributed by atoms with Crippen molar-refractivity contribution in [3.05, 3.63) is 135 Å². The first-order valence-corrected chi connectivity index (χ1v) is 29.3. The number of phosphoric ester groups is 1. The monoisotopic (exact) mass is 1090 g/mol. The first-order chi connectivity index (χ1) is 35.5. The Bertz CT molecular complexity index is 2910. The molecule has 2 aliphatic heterocycles. The summed E-state index contributed by atoms with van der Waals surface area (Å²) in [6.07, 6.45) is 13.2. The van der Waals surface area contributed by atoms with Crippen molar-refractivity contribution in [1.82, 2.24) is 16.0 Å². The Kier molecular flexibility index (Phi) is 20.6. The van der Waals surface area contributed by atoms with E-state index in [1.165, 1.54) is 35.1 Å². The van der Waals surface area contributed by atoms with Gasteiger partial charge in [0.05, 0.1) is 17.7 Å². The number of alkyl halides is 1. The fourth-order valence-electron chi connectivity index (χ4n) is 10.1. The highest BCUT2D eigenvalue weighted by atomic mass is 35.5. The summed E-state index contributed by atoms with van der Waals surface area (Å²) in [6, 6.07) is 20.6. The van der Waals surface area contributed by atoms with E-state index < -0.39 is 35.8 Å². The van der Waals surface area contributed by atoms with Crippen molar-refractivity contribution in [2.75, 3.05) is 49.9 Å². The van der Waals surface area contributed by atoms with E-state index in [1.807, 2.05) is 18.2 Å². The highest BCUT2D eigenvalue weighted by Gasteiger charge is 2.44. The molecule has 0 bridgehead atoms. The van der Waals surface area contributed by atoms with Crippen LogP contribution in [0.15, 0.2) is 113 Å². The van der Waals surface area contributed by atoms with Gasteiger partial charge in [0.15, 0.2) is 5.71 Å². The number of carbonyl (C=O) groups is 3. The maximum Gasteiger partial charge on any atom is 0.524 e. The van der Waals surface area contributed by atoms with E-state index in [-0.39, 0.29) is 59.8 Å². The smallest absolute Gasteiger partial charge is 0.404 e. The summed E-state index contributed by atoms with van der Waals surface area (Å²) < 4.78 is 65.5. The lowest BCUT2D eigenvalue weighted by Crippen LogP contribution is -2.34. The number of ketones is 1. The maximum absolute atomic E-state index is 15.0. The van der Waals surface area contributed by atoms with Crippen LogP contribution >= 0.6 is 19.4 Å². The number of rotatable bonds is 28. The van der Waals surface area contributed by atoms with Crippen LogP contribution in [0.5, 0.6) is 5.75 Å². The third-order valence-corrected chi connectivity index (χ3v) is 15.8. The van der Waals surface area contributed by atoms with Crippen LogP contribution in [-0.4, -0.2) is 95.7 Å². The lowest BCUT2D eigenvalue weighted by Gasteiger charge is -2.27. The number of fused-ring (bicyclic) bond motifs is 2. The van der Waals surface area contributed by atoms with Crippen molar-refractivity contribution in [1.29, 1.82) is 0 Å². The third kappa shape index (κ3) is 16.1. The number of hydrogen-bond acceptors (Lipinski definition) is 9. The van der Waals surface area contributed by atoms with Gasteiger partial charge < -0.3 is 25.4 Å². The molecule has 0 radical (unpaired) electrons. The molecule has 3 aromatic rings. The second-order valence-electron chi connectivity index (χ2n) is 20.5. The van der Waals surface area contributed by atoms with Gasteiger partial charge in [-0.05, 0) is 100 Å². The number of amides is 2. The minimum absolute atomic E-state index is 0.112. The van der Waals surface area contributed by atoms with Gasteiger partial charge in [0.1, 0.15) is 18.1 Å². The number of aryl methyl sites for hydroxylation is 1. The van der Waals surface area contributed by atoms with E-state index in [1.54, 1.807) is 6.92 Å². The number of carbonyl (C=O) groups excluding carboxylic acids is 3. The lowest BCUT2D eigenvalue weighted by molar-refractivity contribution is -0.437. The largest absolute Gasteiger partial charge is 0.524 e. The second-order valence-corrected chi connectivity index (χ2v) is 23.6. The topological polar surface area (TPSA) is 215 Å². The molecule has 1 atom stereocenters. The summed E-state index contributed by atoms with van der Waals surface area (Å²) >= 11 is 7.14. The summed E-state index contributed by atoms with van der Waals surface area (Å²) in [6.45, 7) is 12.9. The Morgan fingerprint density at radius 2 is 1.56 bits per heavy atom. The molecule has 1 unspecified atom stereocenters. The van der Waals surface area contributed by atoms with Gasteiger partial charge in [0.25, 0.3) is 16.0 Å². The van der Waals surface area contributed by atoms with Gasteiger partial charge >= 0.3 is 7.82 Å². The Labute approximate surface area is 446 Å². The molecule has 6 N–H and O–H groups in total. The normalized spacial score (nSPS) is 17.5. The van der Waals surface area contributed by atoms with Crippen molar-refractivity contribution in [2.45, 2.75) is 122 Å². The molecule has 3 aliphatic rings. The maximum atomic E-state index is 15.0. The van der Waals surface area contributed by atoms with Crippen LogP contribution in [0, 0.1) is 6.92 Å². The first-order valence-electron chi connectivity index (χ1n) is 25.8. The van der Waals surface area contributed by atoms with Gasteiger partial charge in [-0.15, -0.1) is 0 Å². The molecular weight excluding hydrogens is 1020 g/mol. The molecule has 19 heteroatoms. The highest BCUT2D eigenvalue weighted by molar-refractivity contribution is 7.85. The average Bonchev–Trinajstić information content (AvgIpc) is 3.89. The Hall–Kier alpha value is -5.26. The molecule has 0 saturated heterocycles. The molecule has 6 rings (SSSR count). The van der Waals surface area contributed by atoms with Crippen molar-refractivity contribution >= 4 is 64.2 Å². The minimum atomic E-state index is -4.96. The molecule has 2 heterocycles. The van der Waals surface area contributed by atoms with Gasteiger partial charge in [-0.1, -0.05) is 98.5 Å². The van der Waals surface area contributed by atoms with E-state index in [4.69, 9.17) is 21.4 Å². The molecule has 0 saturated carbocycles. The fraction of sp³-hybridized carbons (Fsp3) is 0.464. The van der Waals surface area contributed by atoms with Gasteiger partial charge in [0, 0.05) is 90.5 Å². The minimum Gasteiger partial charge on any atom is -0.404 e. The van der Waals surface area contributed by atoms with Crippen molar-refractivity contribution in [3.63, 3.8) is 0 Å². The number of phosphoric acid groups is 1. The van der Waals surface area contributed by atoms with Crippen molar-refractivity contribution in [2.24, 2.45) is 0 Å². The number of halogens is 2. The van der Waals surface area contributed by atoms with Gasteiger partial charge in [-0.3, -0.25) is 28.7 Å². The third-order valence-electron chi connectivity index (χ3n) is 14.0. The van der Waals surface area contributed by atoms with Crippen molar-refractivity contribution < 1.29 is 55.2 Å². The molecule has 0 fully saturated rings. The molecule has 0 spiro atoms. The Balaban J connectivity index is 0.908. The predicted molar refractivity (Wildman–Crippen MR) is 293 cm³/mol. The number of para-hydroxylation sites is 2. The van der Waals surface area contributed by atoms with Gasteiger partial charge in [0.2, 0.25) is 17.8 Å². The Morgan fingerprint density at radius 3 is 2.31 bits per heavy atom. The summed E-state index contributed by atoms with van der Waals surface area (Å²) in [4.78, 5) is 58.2. The van der Waals surface area contributed by atoms with E-state index in [2.05, 4.69) is 112 Å². The molecule has 15 nitrogen and oxygen atoms in total. The van der Waals surface area contributed by atoms with E-state index in [9.17, 15) is 36.3 Å². The Morgan fingerprint density at radius 1 is 0.853 bits per heavy atom. The van der Waals surface area contributed by atoms with Crippen LogP contribution in [0.4, 0.5) is 15.8 Å². The molecule has 0 aromatic heterocycles. The predicted octanol–water partition coefficient (Wildman–Crippen LogP) is 9.79. The number of allylic oxidation sites excluding steroid dienone is 8. The molecular formula is C56H73ClFN5O10PS+. The zero-order chi connectivity index (χ0) is 54.6. The number of unbranched alkanes of at least 4 members (excludes halogenated alkanes) is 4. The number of hydrogen-bond donors (Lipinski definition) is 6. The van der Waals surface area contributed by atoms with Crippen LogP contribution in [0.1, 0.15) is 127 Å².